The Balaban J connectivity index is 2.05. The summed E-state index contributed by atoms with van der Waals surface area (Å²) in [6.45, 7) is 11.5. The second-order valence-corrected chi connectivity index (χ2v) is 12.0. The Bertz CT molecular complexity index is 1400. The lowest BCUT2D eigenvalue weighted by Gasteiger charge is -2.32. The SMILES string of the molecule is CCCNC(=O)C(C)N(Cc1ccc(C)cc1)C(=O)CN(c1ccc(C)cc1C)S(=O)(=O)c1ccc(C)cc1. The van der Waals surface area contributed by atoms with Crippen LogP contribution in [0.3, 0.4) is 0 Å². The van der Waals surface area contributed by atoms with Crippen LogP contribution in [0.1, 0.15) is 48.1 Å². The van der Waals surface area contributed by atoms with E-state index in [1.807, 2.05) is 71.0 Å². The molecule has 3 aromatic carbocycles. The van der Waals surface area contributed by atoms with Crippen molar-refractivity contribution in [1.82, 2.24) is 10.2 Å². The minimum absolute atomic E-state index is 0.0969. The highest BCUT2D eigenvalue weighted by Crippen LogP contribution is 2.28. The van der Waals surface area contributed by atoms with Gasteiger partial charge in [0.1, 0.15) is 12.6 Å². The van der Waals surface area contributed by atoms with Crippen molar-refractivity contribution >= 4 is 27.5 Å². The normalized spacial score (nSPS) is 12.1. The first-order chi connectivity index (χ1) is 18.4. The average Bonchev–Trinajstić information content (AvgIpc) is 2.90. The maximum atomic E-state index is 14.0. The summed E-state index contributed by atoms with van der Waals surface area (Å²) < 4.78 is 29.1. The van der Waals surface area contributed by atoms with Gasteiger partial charge in [-0.3, -0.25) is 13.9 Å². The summed E-state index contributed by atoms with van der Waals surface area (Å²) in [6.07, 6.45) is 0.764. The summed E-state index contributed by atoms with van der Waals surface area (Å²) in [7, 11) is -4.09. The molecule has 0 aliphatic heterocycles. The zero-order chi connectivity index (χ0) is 28.7. The summed E-state index contributed by atoms with van der Waals surface area (Å²) in [5, 5.41) is 2.86. The van der Waals surface area contributed by atoms with Gasteiger partial charge in [0, 0.05) is 13.1 Å². The van der Waals surface area contributed by atoms with Crippen LogP contribution in [0.15, 0.2) is 71.6 Å². The van der Waals surface area contributed by atoms with E-state index in [1.165, 1.54) is 4.90 Å². The standard InChI is InChI=1S/C31H39N3O4S/c1-7-18-32-31(36)26(6)33(20-27-13-8-22(2)9-14-27)30(35)21-34(29-17-12-24(4)19-25(29)5)39(37,38)28-15-10-23(3)11-16-28/h8-17,19,26H,7,18,20-21H2,1-6H3,(H,32,36). The number of carbonyl (C=O) groups is 2. The molecule has 0 radical (unpaired) electrons. The minimum atomic E-state index is -4.09. The molecule has 0 fully saturated rings. The molecule has 0 spiro atoms. The molecule has 0 heterocycles. The number of amides is 2. The number of nitrogens with one attached hydrogen (secondary N) is 1. The van der Waals surface area contributed by atoms with Crippen molar-refractivity contribution in [1.29, 1.82) is 0 Å². The first-order valence-corrected chi connectivity index (χ1v) is 14.7. The van der Waals surface area contributed by atoms with E-state index in [-0.39, 0.29) is 17.3 Å². The van der Waals surface area contributed by atoms with Gasteiger partial charge in [-0.15, -0.1) is 0 Å². The summed E-state index contributed by atoms with van der Waals surface area (Å²) in [6, 6.07) is 18.9. The van der Waals surface area contributed by atoms with Crippen LogP contribution >= 0.6 is 0 Å². The third kappa shape index (κ3) is 7.47. The van der Waals surface area contributed by atoms with E-state index >= 15 is 0 Å². The zero-order valence-electron chi connectivity index (χ0n) is 23.7. The molecule has 208 valence electrons. The number of sulfonamides is 1. The van der Waals surface area contributed by atoms with Crippen molar-refractivity contribution in [2.75, 3.05) is 17.4 Å². The molecule has 39 heavy (non-hydrogen) atoms. The summed E-state index contributed by atoms with van der Waals surface area (Å²) in [5.74, 6) is -0.748. The van der Waals surface area contributed by atoms with Gasteiger partial charge in [-0.1, -0.05) is 72.1 Å². The molecule has 0 bridgehead atoms. The van der Waals surface area contributed by atoms with Crippen LogP contribution in [0.25, 0.3) is 0 Å². The maximum Gasteiger partial charge on any atom is 0.264 e. The molecule has 0 saturated carbocycles. The largest absolute Gasteiger partial charge is 0.354 e. The number of nitrogens with zero attached hydrogens (tertiary/aromatic N) is 2. The van der Waals surface area contributed by atoms with E-state index in [2.05, 4.69) is 5.32 Å². The number of hydrogen-bond donors (Lipinski definition) is 1. The quantitative estimate of drug-likeness (QED) is 0.362. The van der Waals surface area contributed by atoms with Crippen LogP contribution in [0.4, 0.5) is 5.69 Å². The Morgan fingerprint density at radius 1 is 0.846 bits per heavy atom. The summed E-state index contributed by atoms with van der Waals surface area (Å²) in [4.78, 5) is 28.5. The van der Waals surface area contributed by atoms with Crippen molar-refractivity contribution in [3.05, 3.63) is 94.5 Å². The van der Waals surface area contributed by atoms with E-state index < -0.39 is 28.5 Å². The second-order valence-electron chi connectivity index (χ2n) is 10.1. The fourth-order valence-corrected chi connectivity index (χ4v) is 5.78. The smallest absolute Gasteiger partial charge is 0.264 e. The Morgan fingerprint density at radius 2 is 1.41 bits per heavy atom. The lowest BCUT2D eigenvalue weighted by molar-refractivity contribution is -0.139. The predicted molar refractivity (Wildman–Crippen MR) is 156 cm³/mol. The molecule has 3 aromatic rings. The molecule has 3 rings (SSSR count). The Labute approximate surface area is 232 Å². The van der Waals surface area contributed by atoms with Gasteiger partial charge >= 0.3 is 0 Å². The molecule has 1 atom stereocenters. The summed E-state index contributed by atoms with van der Waals surface area (Å²) in [5.41, 5.74) is 5.00. The molecule has 1 N–H and O–H groups in total. The monoisotopic (exact) mass is 549 g/mol. The second kappa shape index (κ2) is 12.9. The van der Waals surface area contributed by atoms with E-state index in [0.717, 1.165) is 38.5 Å². The van der Waals surface area contributed by atoms with Crippen LogP contribution in [0, 0.1) is 27.7 Å². The summed E-state index contributed by atoms with van der Waals surface area (Å²) >= 11 is 0. The first kappa shape index (κ1) is 29.9. The van der Waals surface area contributed by atoms with E-state index in [1.54, 1.807) is 37.3 Å². The average molecular weight is 550 g/mol. The van der Waals surface area contributed by atoms with Crippen molar-refractivity contribution in [3.63, 3.8) is 0 Å². The van der Waals surface area contributed by atoms with Crippen molar-refractivity contribution in [2.24, 2.45) is 0 Å². The number of carbonyl (C=O) groups excluding carboxylic acids is 2. The van der Waals surface area contributed by atoms with Gasteiger partial charge in [-0.05, 0) is 70.4 Å². The van der Waals surface area contributed by atoms with Crippen LogP contribution in [0.2, 0.25) is 0 Å². The van der Waals surface area contributed by atoms with Crippen LogP contribution in [-0.2, 0) is 26.2 Å². The Kier molecular flexibility index (Phi) is 9.92. The maximum absolute atomic E-state index is 14.0. The lowest BCUT2D eigenvalue weighted by atomic mass is 10.1. The van der Waals surface area contributed by atoms with Crippen molar-refractivity contribution in [3.8, 4) is 0 Å². The van der Waals surface area contributed by atoms with Gasteiger partial charge < -0.3 is 10.2 Å². The number of anilines is 1. The van der Waals surface area contributed by atoms with Gasteiger partial charge in [0.15, 0.2) is 0 Å². The third-order valence-electron chi connectivity index (χ3n) is 6.70. The molecular formula is C31H39N3O4S. The van der Waals surface area contributed by atoms with E-state index in [4.69, 9.17) is 0 Å². The van der Waals surface area contributed by atoms with Crippen LogP contribution < -0.4 is 9.62 Å². The van der Waals surface area contributed by atoms with Crippen LogP contribution in [-0.4, -0.2) is 44.3 Å². The van der Waals surface area contributed by atoms with Gasteiger partial charge in [0.25, 0.3) is 10.0 Å². The molecule has 2 amide bonds. The number of aryl methyl sites for hydroxylation is 4. The van der Waals surface area contributed by atoms with Gasteiger partial charge in [0.05, 0.1) is 10.6 Å². The Morgan fingerprint density at radius 3 is 1.97 bits per heavy atom. The molecular weight excluding hydrogens is 510 g/mol. The number of benzene rings is 3. The Hall–Kier alpha value is -3.65. The van der Waals surface area contributed by atoms with Crippen molar-refractivity contribution < 1.29 is 18.0 Å². The predicted octanol–water partition coefficient (Wildman–Crippen LogP) is 5.06. The van der Waals surface area contributed by atoms with Gasteiger partial charge in [-0.25, -0.2) is 8.42 Å². The van der Waals surface area contributed by atoms with Gasteiger partial charge in [0.2, 0.25) is 11.8 Å². The molecule has 0 saturated heterocycles. The molecule has 0 aliphatic rings. The fraction of sp³-hybridized carbons (Fsp3) is 0.355. The third-order valence-corrected chi connectivity index (χ3v) is 8.47. The molecule has 0 aromatic heterocycles. The molecule has 1 unspecified atom stereocenters. The molecule has 0 aliphatic carbocycles. The zero-order valence-corrected chi connectivity index (χ0v) is 24.5. The first-order valence-electron chi connectivity index (χ1n) is 13.2. The number of rotatable bonds is 11. The highest BCUT2D eigenvalue weighted by molar-refractivity contribution is 7.92. The molecule has 7 nitrogen and oxygen atoms in total. The lowest BCUT2D eigenvalue weighted by Crippen LogP contribution is -2.51. The minimum Gasteiger partial charge on any atom is -0.354 e. The highest BCUT2D eigenvalue weighted by atomic mass is 32.2. The van der Waals surface area contributed by atoms with Crippen molar-refractivity contribution in [2.45, 2.75) is 65.4 Å². The van der Waals surface area contributed by atoms with E-state index in [0.29, 0.717) is 12.2 Å². The highest BCUT2D eigenvalue weighted by Gasteiger charge is 2.33. The topological polar surface area (TPSA) is 86.8 Å². The van der Waals surface area contributed by atoms with Crippen LogP contribution in [0.5, 0.6) is 0 Å². The molecule has 8 heteroatoms. The fourth-order valence-electron chi connectivity index (χ4n) is 4.30. The number of hydrogen-bond acceptors (Lipinski definition) is 4. The van der Waals surface area contributed by atoms with E-state index in [9.17, 15) is 18.0 Å². The van der Waals surface area contributed by atoms with Gasteiger partial charge in [-0.2, -0.15) is 0 Å².